The van der Waals surface area contributed by atoms with E-state index in [1.807, 2.05) is 49.0 Å². The van der Waals surface area contributed by atoms with Crippen LogP contribution in [-0.2, 0) is 13.6 Å². The molecule has 0 bridgehead atoms. The second-order valence-electron chi connectivity index (χ2n) is 4.82. The molecule has 0 fully saturated rings. The van der Waals surface area contributed by atoms with E-state index in [0.717, 1.165) is 17.1 Å². The van der Waals surface area contributed by atoms with E-state index in [0.29, 0.717) is 13.1 Å². The first-order valence-corrected chi connectivity index (χ1v) is 6.70. The summed E-state index contributed by atoms with van der Waals surface area (Å²) >= 11 is 0. The first-order chi connectivity index (χ1) is 9.66. The first kappa shape index (κ1) is 14.6. The number of ether oxygens (including phenoxy) is 1. The Morgan fingerprint density at radius 3 is 2.90 bits per heavy atom. The molecule has 1 unspecified atom stereocenters. The monoisotopic (exact) mass is 275 g/mol. The van der Waals surface area contributed by atoms with Crippen LogP contribution in [0.3, 0.4) is 0 Å². The zero-order valence-corrected chi connectivity index (χ0v) is 11.9. The fourth-order valence-electron chi connectivity index (χ4n) is 1.88. The van der Waals surface area contributed by atoms with Gasteiger partial charge in [0, 0.05) is 26.0 Å². The Bertz CT molecular complexity index is 539. The molecule has 2 rings (SSSR count). The van der Waals surface area contributed by atoms with E-state index in [1.165, 1.54) is 0 Å². The van der Waals surface area contributed by atoms with Gasteiger partial charge in [0.1, 0.15) is 24.3 Å². The van der Waals surface area contributed by atoms with Crippen molar-refractivity contribution in [2.45, 2.75) is 19.6 Å². The molecule has 0 radical (unpaired) electrons. The zero-order valence-electron chi connectivity index (χ0n) is 11.9. The van der Waals surface area contributed by atoms with Crippen molar-refractivity contribution in [2.75, 3.05) is 13.2 Å². The highest BCUT2D eigenvalue weighted by Crippen LogP contribution is 2.16. The number of aliphatic hydroxyl groups is 1. The third kappa shape index (κ3) is 4.08. The Labute approximate surface area is 119 Å². The van der Waals surface area contributed by atoms with Crippen LogP contribution in [-0.4, -0.2) is 33.9 Å². The normalized spacial score (nSPS) is 12.3. The molecule has 2 aromatic rings. The van der Waals surface area contributed by atoms with Crippen LogP contribution in [0.15, 0.2) is 36.7 Å². The number of nitrogens with one attached hydrogen (secondary N) is 1. The van der Waals surface area contributed by atoms with Gasteiger partial charge in [-0.2, -0.15) is 0 Å². The van der Waals surface area contributed by atoms with Crippen molar-refractivity contribution in [2.24, 2.45) is 7.05 Å². The summed E-state index contributed by atoms with van der Waals surface area (Å²) in [6.07, 6.45) is 3.11. The van der Waals surface area contributed by atoms with Crippen LogP contribution in [0.5, 0.6) is 5.75 Å². The number of aliphatic hydroxyl groups excluding tert-OH is 1. The van der Waals surface area contributed by atoms with Crippen LogP contribution in [0, 0.1) is 6.92 Å². The lowest BCUT2D eigenvalue weighted by Crippen LogP contribution is -2.31. The lowest BCUT2D eigenvalue weighted by Gasteiger charge is -2.14. The van der Waals surface area contributed by atoms with Gasteiger partial charge in [-0.05, 0) is 18.6 Å². The number of hydrogen-bond acceptors (Lipinski definition) is 4. The van der Waals surface area contributed by atoms with Gasteiger partial charge in [-0.3, -0.25) is 0 Å². The molecule has 0 saturated heterocycles. The van der Waals surface area contributed by atoms with Gasteiger partial charge in [-0.15, -0.1) is 0 Å². The van der Waals surface area contributed by atoms with Gasteiger partial charge in [0.15, 0.2) is 0 Å². The molecule has 20 heavy (non-hydrogen) atoms. The molecular weight excluding hydrogens is 254 g/mol. The van der Waals surface area contributed by atoms with Crippen molar-refractivity contribution >= 4 is 0 Å². The van der Waals surface area contributed by atoms with Crippen LogP contribution < -0.4 is 10.1 Å². The van der Waals surface area contributed by atoms with Crippen molar-refractivity contribution in [1.29, 1.82) is 0 Å². The maximum Gasteiger partial charge on any atom is 0.122 e. The third-order valence-electron chi connectivity index (χ3n) is 3.11. The molecule has 2 N–H and O–H groups in total. The minimum atomic E-state index is -0.546. The van der Waals surface area contributed by atoms with Gasteiger partial charge in [-0.1, -0.05) is 18.2 Å². The highest BCUT2D eigenvalue weighted by atomic mass is 16.5. The average molecular weight is 275 g/mol. The Morgan fingerprint density at radius 1 is 1.40 bits per heavy atom. The molecule has 1 aromatic carbocycles. The smallest absolute Gasteiger partial charge is 0.122 e. The predicted octanol–water partition coefficient (Wildman–Crippen LogP) is 1.26. The fraction of sp³-hybridized carbons (Fsp3) is 0.400. The summed E-state index contributed by atoms with van der Waals surface area (Å²) in [7, 11) is 1.95. The van der Waals surface area contributed by atoms with Gasteiger partial charge < -0.3 is 19.7 Å². The summed E-state index contributed by atoms with van der Waals surface area (Å²) in [5.41, 5.74) is 1.07. The summed E-state index contributed by atoms with van der Waals surface area (Å²) in [4.78, 5) is 4.21. The standard InChI is InChI=1S/C15H21N3O2/c1-12-5-3-4-6-14(12)20-11-13(19)9-16-10-15-17-7-8-18(15)2/h3-8,13,16,19H,9-11H2,1-2H3. The minimum Gasteiger partial charge on any atom is -0.491 e. The van der Waals surface area contributed by atoms with Gasteiger partial charge in [0.25, 0.3) is 0 Å². The Kier molecular flexibility index (Phi) is 5.15. The van der Waals surface area contributed by atoms with E-state index in [1.54, 1.807) is 6.20 Å². The number of imidazole rings is 1. The molecule has 1 atom stereocenters. The van der Waals surface area contributed by atoms with E-state index in [9.17, 15) is 5.11 Å². The van der Waals surface area contributed by atoms with E-state index < -0.39 is 6.10 Å². The van der Waals surface area contributed by atoms with Crippen LogP contribution in [0.2, 0.25) is 0 Å². The van der Waals surface area contributed by atoms with E-state index in [4.69, 9.17) is 4.74 Å². The molecule has 0 saturated carbocycles. The quantitative estimate of drug-likeness (QED) is 0.798. The van der Waals surface area contributed by atoms with Crippen LogP contribution in [0.1, 0.15) is 11.4 Å². The van der Waals surface area contributed by atoms with E-state index in [-0.39, 0.29) is 6.61 Å². The molecule has 1 aromatic heterocycles. The summed E-state index contributed by atoms with van der Waals surface area (Å²) in [5, 5.41) is 13.1. The van der Waals surface area contributed by atoms with Gasteiger partial charge >= 0.3 is 0 Å². The predicted molar refractivity (Wildman–Crippen MR) is 77.6 cm³/mol. The van der Waals surface area contributed by atoms with E-state index >= 15 is 0 Å². The van der Waals surface area contributed by atoms with Crippen molar-refractivity contribution in [3.8, 4) is 5.75 Å². The van der Waals surface area contributed by atoms with Gasteiger partial charge in [-0.25, -0.2) is 4.98 Å². The summed E-state index contributed by atoms with van der Waals surface area (Å²) in [6.45, 7) is 3.36. The number of aryl methyl sites for hydroxylation is 2. The summed E-state index contributed by atoms with van der Waals surface area (Å²) in [6, 6.07) is 7.78. The molecule has 1 heterocycles. The highest BCUT2D eigenvalue weighted by molar-refractivity contribution is 5.31. The third-order valence-corrected chi connectivity index (χ3v) is 3.11. The van der Waals surface area contributed by atoms with Gasteiger partial charge in [0.05, 0.1) is 6.54 Å². The number of benzene rings is 1. The molecule has 5 heteroatoms. The molecule has 0 aliphatic heterocycles. The number of nitrogens with zero attached hydrogens (tertiary/aromatic N) is 2. The maximum absolute atomic E-state index is 9.88. The molecule has 0 aliphatic carbocycles. The second-order valence-corrected chi connectivity index (χ2v) is 4.82. The van der Waals surface area contributed by atoms with Crippen LogP contribution in [0.4, 0.5) is 0 Å². The Morgan fingerprint density at radius 2 is 2.20 bits per heavy atom. The molecule has 0 spiro atoms. The SMILES string of the molecule is Cc1ccccc1OCC(O)CNCc1nccn1C. The number of aromatic nitrogens is 2. The van der Waals surface area contributed by atoms with Crippen molar-refractivity contribution < 1.29 is 9.84 Å². The lowest BCUT2D eigenvalue weighted by atomic mass is 10.2. The molecule has 0 aliphatic rings. The van der Waals surface area contributed by atoms with Crippen LogP contribution in [0.25, 0.3) is 0 Å². The average Bonchev–Trinajstić information content (AvgIpc) is 2.84. The van der Waals surface area contributed by atoms with Crippen molar-refractivity contribution in [1.82, 2.24) is 14.9 Å². The van der Waals surface area contributed by atoms with Crippen molar-refractivity contribution in [3.05, 3.63) is 48.0 Å². The Balaban J connectivity index is 1.69. The second kappa shape index (κ2) is 7.07. The molecule has 108 valence electrons. The first-order valence-electron chi connectivity index (χ1n) is 6.70. The number of hydrogen-bond donors (Lipinski definition) is 2. The van der Waals surface area contributed by atoms with Crippen molar-refractivity contribution in [3.63, 3.8) is 0 Å². The fourth-order valence-corrected chi connectivity index (χ4v) is 1.88. The van der Waals surface area contributed by atoms with Gasteiger partial charge in [0.2, 0.25) is 0 Å². The highest BCUT2D eigenvalue weighted by Gasteiger charge is 2.07. The van der Waals surface area contributed by atoms with E-state index in [2.05, 4.69) is 10.3 Å². The Hall–Kier alpha value is -1.85. The maximum atomic E-state index is 9.88. The number of para-hydroxylation sites is 1. The number of rotatable bonds is 7. The minimum absolute atomic E-state index is 0.276. The molecule has 0 amide bonds. The largest absolute Gasteiger partial charge is 0.491 e. The zero-order chi connectivity index (χ0) is 14.4. The lowest BCUT2D eigenvalue weighted by molar-refractivity contribution is 0.105. The molecular formula is C15H21N3O2. The summed E-state index contributed by atoms with van der Waals surface area (Å²) < 4.78 is 7.55. The van der Waals surface area contributed by atoms with Crippen LogP contribution >= 0.6 is 0 Å². The summed E-state index contributed by atoms with van der Waals surface area (Å²) in [5.74, 6) is 1.76. The molecule has 5 nitrogen and oxygen atoms in total. The topological polar surface area (TPSA) is 59.3 Å².